The highest BCUT2D eigenvalue weighted by molar-refractivity contribution is 5.79. The van der Waals surface area contributed by atoms with E-state index in [1.807, 2.05) is 24.4 Å². The fourth-order valence-electron chi connectivity index (χ4n) is 2.29. The molecular weight excluding hydrogens is 248 g/mol. The lowest BCUT2D eigenvalue weighted by Gasteiger charge is -2.24. The quantitative estimate of drug-likeness (QED) is 0.835. The van der Waals surface area contributed by atoms with Crippen molar-refractivity contribution in [2.45, 2.75) is 33.2 Å². The molecule has 20 heavy (non-hydrogen) atoms. The molecule has 2 atom stereocenters. The molecule has 2 rings (SSSR count). The minimum Gasteiger partial charge on any atom is -0.492 e. The number of likely N-dealkylation sites (N-methyl/N-ethyl adjacent to an activating group) is 1. The Morgan fingerprint density at radius 2 is 2.10 bits per heavy atom. The van der Waals surface area contributed by atoms with Crippen molar-refractivity contribution in [3.8, 4) is 5.75 Å². The Morgan fingerprint density at radius 1 is 1.25 bits per heavy atom. The molecule has 2 unspecified atom stereocenters. The maximum Gasteiger partial charge on any atom is 0.121 e. The van der Waals surface area contributed by atoms with Crippen molar-refractivity contribution in [3.63, 3.8) is 0 Å². The van der Waals surface area contributed by atoms with Crippen molar-refractivity contribution < 1.29 is 4.74 Å². The van der Waals surface area contributed by atoms with Crippen LogP contribution in [0.3, 0.4) is 0 Å². The predicted octanol–water partition coefficient (Wildman–Crippen LogP) is 3.64. The number of nitrogens with one attached hydrogen (secondary N) is 1. The van der Waals surface area contributed by atoms with Gasteiger partial charge in [-0.15, -0.1) is 0 Å². The second kappa shape index (κ2) is 7.25. The standard InChI is InChI=1S/C17H24N2O/c1-4-13(3)17(18-5-2)12-20-15-9-8-14-7-6-10-19-16(14)11-15/h6-11,13,17-18H,4-5,12H2,1-3H3. The number of aromatic nitrogens is 1. The van der Waals surface area contributed by atoms with E-state index in [9.17, 15) is 0 Å². The fourth-order valence-corrected chi connectivity index (χ4v) is 2.29. The van der Waals surface area contributed by atoms with Gasteiger partial charge in [-0.1, -0.05) is 33.3 Å². The Kier molecular flexibility index (Phi) is 5.36. The van der Waals surface area contributed by atoms with Gasteiger partial charge in [-0.25, -0.2) is 0 Å². The van der Waals surface area contributed by atoms with E-state index in [1.165, 1.54) is 0 Å². The van der Waals surface area contributed by atoms with Gasteiger partial charge in [0, 0.05) is 23.7 Å². The van der Waals surface area contributed by atoms with Crippen LogP contribution in [-0.4, -0.2) is 24.2 Å². The highest BCUT2D eigenvalue weighted by Gasteiger charge is 2.15. The summed E-state index contributed by atoms with van der Waals surface area (Å²) in [6, 6.07) is 10.5. The molecule has 3 nitrogen and oxygen atoms in total. The first-order valence-electron chi connectivity index (χ1n) is 7.45. The molecule has 0 fully saturated rings. The first-order chi connectivity index (χ1) is 9.74. The van der Waals surface area contributed by atoms with E-state index in [2.05, 4.69) is 43.2 Å². The lowest BCUT2D eigenvalue weighted by molar-refractivity contribution is 0.222. The van der Waals surface area contributed by atoms with Crippen LogP contribution >= 0.6 is 0 Å². The van der Waals surface area contributed by atoms with Crippen molar-refractivity contribution in [1.29, 1.82) is 0 Å². The molecule has 0 saturated carbocycles. The number of rotatable bonds is 7. The topological polar surface area (TPSA) is 34.1 Å². The molecule has 1 aromatic carbocycles. The van der Waals surface area contributed by atoms with Crippen LogP contribution in [0, 0.1) is 5.92 Å². The molecule has 0 bridgehead atoms. The minimum atomic E-state index is 0.393. The SMILES string of the molecule is CCNC(COc1ccc2cccnc2c1)C(C)CC. The maximum atomic E-state index is 5.95. The van der Waals surface area contributed by atoms with Gasteiger partial charge in [0.1, 0.15) is 12.4 Å². The summed E-state index contributed by atoms with van der Waals surface area (Å²) in [5, 5.41) is 4.64. The smallest absolute Gasteiger partial charge is 0.121 e. The number of pyridine rings is 1. The van der Waals surface area contributed by atoms with Gasteiger partial charge in [-0.2, -0.15) is 0 Å². The monoisotopic (exact) mass is 272 g/mol. The van der Waals surface area contributed by atoms with Crippen LogP contribution in [0.1, 0.15) is 27.2 Å². The van der Waals surface area contributed by atoms with Crippen LogP contribution in [0.25, 0.3) is 10.9 Å². The zero-order chi connectivity index (χ0) is 14.4. The molecule has 0 radical (unpaired) electrons. The van der Waals surface area contributed by atoms with Gasteiger partial charge in [-0.3, -0.25) is 4.98 Å². The van der Waals surface area contributed by atoms with Gasteiger partial charge in [0.15, 0.2) is 0 Å². The molecule has 1 heterocycles. The highest BCUT2D eigenvalue weighted by atomic mass is 16.5. The Hall–Kier alpha value is -1.61. The molecule has 0 spiro atoms. The molecule has 1 N–H and O–H groups in total. The lowest BCUT2D eigenvalue weighted by Crippen LogP contribution is -2.39. The van der Waals surface area contributed by atoms with Crippen LogP contribution in [0.4, 0.5) is 0 Å². The predicted molar refractivity (Wildman–Crippen MR) is 84.2 cm³/mol. The Labute approximate surface area is 121 Å². The summed E-state index contributed by atoms with van der Waals surface area (Å²) in [5.74, 6) is 1.50. The molecule has 0 aliphatic heterocycles. The second-order valence-corrected chi connectivity index (χ2v) is 5.22. The van der Waals surface area contributed by atoms with E-state index in [1.54, 1.807) is 0 Å². The average molecular weight is 272 g/mol. The summed E-state index contributed by atoms with van der Waals surface area (Å²) < 4.78 is 5.95. The number of fused-ring (bicyclic) bond motifs is 1. The van der Waals surface area contributed by atoms with Crippen molar-refractivity contribution in [2.24, 2.45) is 5.92 Å². The molecular formula is C17H24N2O. The van der Waals surface area contributed by atoms with Crippen LogP contribution in [-0.2, 0) is 0 Å². The highest BCUT2D eigenvalue weighted by Crippen LogP contribution is 2.19. The van der Waals surface area contributed by atoms with Gasteiger partial charge < -0.3 is 10.1 Å². The molecule has 2 aromatic rings. The van der Waals surface area contributed by atoms with E-state index in [-0.39, 0.29) is 0 Å². The van der Waals surface area contributed by atoms with Crippen LogP contribution in [0.2, 0.25) is 0 Å². The van der Waals surface area contributed by atoms with Gasteiger partial charge in [0.25, 0.3) is 0 Å². The summed E-state index contributed by atoms with van der Waals surface area (Å²) in [6.07, 6.45) is 2.97. The first kappa shape index (κ1) is 14.8. The molecule has 1 aromatic heterocycles. The summed E-state index contributed by atoms with van der Waals surface area (Å²) in [6.45, 7) is 8.28. The normalized spacial score (nSPS) is 14.2. The number of hydrogen-bond donors (Lipinski definition) is 1. The minimum absolute atomic E-state index is 0.393. The van der Waals surface area contributed by atoms with Crippen molar-refractivity contribution in [2.75, 3.05) is 13.2 Å². The molecule has 108 valence electrons. The van der Waals surface area contributed by atoms with E-state index in [4.69, 9.17) is 4.74 Å². The summed E-state index contributed by atoms with van der Waals surface area (Å²) in [5.41, 5.74) is 0.980. The third-order valence-electron chi connectivity index (χ3n) is 3.80. The molecule has 0 amide bonds. The fraction of sp³-hybridized carbons (Fsp3) is 0.471. The van der Waals surface area contributed by atoms with E-state index in [0.29, 0.717) is 18.6 Å². The molecule has 0 aliphatic rings. The lowest BCUT2D eigenvalue weighted by atomic mass is 10.00. The first-order valence-corrected chi connectivity index (χ1v) is 7.45. The number of hydrogen-bond acceptors (Lipinski definition) is 3. The molecule has 3 heteroatoms. The van der Waals surface area contributed by atoms with Crippen molar-refractivity contribution in [3.05, 3.63) is 36.5 Å². The number of ether oxygens (including phenoxy) is 1. The zero-order valence-electron chi connectivity index (χ0n) is 12.6. The largest absolute Gasteiger partial charge is 0.492 e. The molecule has 0 saturated heterocycles. The van der Waals surface area contributed by atoms with Gasteiger partial charge in [0.2, 0.25) is 0 Å². The Morgan fingerprint density at radius 3 is 2.85 bits per heavy atom. The van der Waals surface area contributed by atoms with Crippen molar-refractivity contribution in [1.82, 2.24) is 10.3 Å². The third kappa shape index (κ3) is 3.70. The van der Waals surface area contributed by atoms with Gasteiger partial charge in [-0.05, 0) is 30.7 Å². The summed E-state index contributed by atoms with van der Waals surface area (Å²) in [4.78, 5) is 4.36. The summed E-state index contributed by atoms with van der Waals surface area (Å²) >= 11 is 0. The van der Waals surface area contributed by atoms with Gasteiger partial charge in [0.05, 0.1) is 5.52 Å². The van der Waals surface area contributed by atoms with Gasteiger partial charge >= 0.3 is 0 Å². The summed E-state index contributed by atoms with van der Waals surface area (Å²) in [7, 11) is 0. The Balaban J connectivity index is 2.03. The zero-order valence-corrected chi connectivity index (χ0v) is 12.6. The number of nitrogens with zero attached hydrogens (tertiary/aromatic N) is 1. The van der Waals surface area contributed by atoms with E-state index in [0.717, 1.165) is 29.6 Å². The average Bonchev–Trinajstić information content (AvgIpc) is 2.50. The number of benzene rings is 1. The third-order valence-corrected chi connectivity index (χ3v) is 3.80. The van der Waals surface area contributed by atoms with Crippen molar-refractivity contribution >= 4 is 10.9 Å². The van der Waals surface area contributed by atoms with Crippen LogP contribution < -0.4 is 10.1 Å². The maximum absolute atomic E-state index is 5.95. The van der Waals surface area contributed by atoms with E-state index < -0.39 is 0 Å². The van der Waals surface area contributed by atoms with Crippen LogP contribution in [0.15, 0.2) is 36.5 Å². The second-order valence-electron chi connectivity index (χ2n) is 5.22. The molecule has 0 aliphatic carbocycles. The van der Waals surface area contributed by atoms with Crippen LogP contribution in [0.5, 0.6) is 5.75 Å². The van der Waals surface area contributed by atoms with E-state index >= 15 is 0 Å². The Bertz CT molecular complexity index is 541.